The molecule has 6 heteroatoms. The number of rotatable bonds is 4. The number of allylic oxidation sites excluding steroid dienone is 2. The lowest BCUT2D eigenvalue weighted by Gasteiger charge is -2.25. The van der Waals surface area contributed by atoms with Crippen LogP contribution in [-0.4, -0.2) is 33.7 Å². The number of hydrogen-bond acceptors (Lipinski definition) is 5. The van der Waals surface area contributed by atoms with Crippen LogP contribution in [0.3, 0.4) is 0 Å². The van der Waals surface area contributed by atoms with Crippen molar-refractivity contribution < 1.29 is 22.1 Å². The first-order valence-corrected chi connectivity index (χ1v) is 7.58. The molecule has 100 valence electrons. The predicted molar refractivity (Wildman–Crippen MR) is 65.2 cm³/mol. The lowest BCUT2D eigenvalue weighted by molar-refractivity contribution is -0.125. The summed E-state index contributed by atoms with van der Waals surface area (Å²) >= 11 is 0. The van der Waals surface area contributed by atoms with Gasteiger partial charge in [-0.15, -0.1) is 0 Å². The maximum atomic E-state index is 12.2. The molecule has 2 rings (SSSR count). The zero-order chi connectivity index (χ0) is 13.3. The standard InChI is InChI=1S/C12H16O5S/c1-8-5-9-6-16-7-11(9)12(13)10(8)3-4-17-18(2,14)15/h5-6,10-11H,3-4,7H2,1-2H3. The molecule has 1 aliphatic heterocycles. The van der Waals surface area contributed by atoms with Crippen LogP contribution in [0.5, 0.6) is 0 Å². The molecule has 0 saturated carbocycles. The van der Waals surface area contributed by atoms with Crippen LogP contribution in [0.1, 0.15) is 13.3 Å². The largest absolute Gasteiger partial charge is 0.500 e. The van der Waals surface area contributed by atoms with E-state index in [2.05, 4.69) is 4.18 Å². The Kier molecular flexibility index (Phi) is 3.59. The van der Waals surface area contributed by atoms with Gasteiger partial charge >= 0.3 is 0 Å². The quantitative estimate of drug-likeness (QED) is 0.715. The molecule has 18 heavy (non-hydrogen) atoms. The van der Waals surface area contributed by atoms with E-state index in [0.717, 1.165) is 17.4 Å². The molecule has 0 saturated heterocycles. The van der Waals surface area contributed by atoms with E-state index in [9.17, 15) is 13.2 Å². The molecule has 2 aliphatic rings. The number of ketones is 1. The van der Waals surface area contributed by atoms with E-state index in [1.165, 1.54) is 0 Å². The van der Waals surface area contributed by atoms with E-state index in [4.69, 9.17) is 4.74 Å². The van der Waals surface area contributed by atoms with Crippen LogP contribution in [0.2, 0.25) is 0 Å². The Morgan fingerprint density at radius 3 is 2.89 bits per heavy atom. The lowest BCUT2D eigenvalue weighted by atomic mass is 9.77. The van der Waals surface area contributed by atoms with Crippen molar-refractivity contribution in [1.82, 2.24) is 0 Å². The van der Waals surface area contributed by atoms with Crippen LogP contribution in [0, 0.1) is 11.8 Å². The maximum absolute atomic E-state index is 12.2. The Morgan fingerprint density at radius 1 is 1.50 bits per heavy atom. The minimum atomic E-state index is -3.44. The van der Waals surface area contributed by atoms with Crippen molar-refractivity contribution in [2.45, 2.75) is 13.3 Å². The van der Waals surface area contributed by atoms with Gasteiger partial charge in [-0.2, -0.15) is 8.42 Å². The first-order valence-electron chi connectivity index (χ1n) is 5.76. The third-order valence-electron chi connectivity index (χ3n) is 3.22. The number of fused-ring (bicyclic) bond motifs is 1. The van der Waals surface area contributed by atoms with Crippen molar-refractivity contribution in [3.63, 3.8) is 0 Å². The molecular formula is C12H16O5S. The van der Waals surface area contributed by atoms with Gasteiger partial charge in [0, 0.05) is 11.5 Å². The van der Waals surface area contributed by atoms with Crippen LogP contribution < -0.4 is 0 Å². The van der Waals surface area contributed by atoms with Crippen LogP contribution in [0.25, 0.3) is 0 Å². The van der Waals surface area contributed by atoms with Gasteiger partial charge in [0.1, 0.15) is 6.61 Å². The fourth-order valence-electron chi connectivity index (χ4n) is 2.32. The van der Waals surface area contributed by atoms with Crippen molar-refractivity contribution in [3.05, 3.63) is 23.5 Å². The summed E-state index contributed by atoms with van der Waals surface area (Å²) in [6, 6.07) is 0. The molecule has 0 spiro atoms. The molecule has 0 N–H and O–H groups in total. The summed E-state index contributed by atoms with van der Waals surface area (Å²) in [6.07, 6.45) is 4.96. The van der Waals surface area contributed by atoms with E-state index >= 15 is 0 Å². The molecule has 0 aromatic carbocycles. The summed E-state index contributed by atoms with van der Waals surface area (Å²) in [6.45, 7) is 2.30. The molecule has 1 aliphatic carbocycles. The minimum Gasteiger partial charge on any atom is -0.500 e. The Morgan fingerprint density at radius 2 is 2.22 bits per heavy atom. The third-order valence-corrected chi connectivity index (χ3v) is 3.81. The van der Waals surface area contributed by atoms with Crippen LogP contribution in [-0.2, 0) is 23.8 Å². The molecule has 0 aromatic rings. The average molecular weight is 272 g/mol. The van der Waals surface area contributed by atoms with Crippen molar-refractivity contribution in [2.24, 2.45) is 11.8 Å². The van der Waals surface area contributed by atoms with Crippen LogP contribution in [0.4, 0.5) is 0 Å². The molecule has 0 aromatic heterocycles. The van der Waals surface area contributed by atoms with Gasteiger partial charge in [-0.3, -0.25) is 8.98 Å². The fourth-order valence-corrected chi connectivity index (χ4v) is 2.72. The molecule has 2 atom stereocenters. The highest BCUT2D eigenvalue weighted by atomic mass is 32.2. The minimum absolute atomic E-state index is 0.0348. The number of ether oxygens (including phenoxy) is 1. The zero-order valence-electron chi connectivity index (χ0n) is 10.4. The second-order valence-electron chi connectivity index (χ2n) is 4.66. The van der Waals surface area contributed by atoms with Gasteiger partial charge < -0.3 is 4.74 Å². The SMILES string of the molecule is CC1=CC2=COCC2C(=O)C1CCOS(C)(=O)=O. The lowest BCUT2D eigenvalue weighted by Crippen LogP contribution is -2.31. The topological polar surface area (TPSA) is 69.7 Å². The number of Topliss-reactive ketones (excluding diaryl/α,β-unsaturated/α-hetero) is 1. The number of carbonyl (C=O) groups is 1. The van der Waals surface area contributed by atoms with Gasteiger partial charge in [0.2, 0.25) is 0 Å². The van der Waals surface area contributed by atoms with Crippen LogP contribution >= 0.6 is 0 Å². The van der Waals surface area contributed by atoms with Gasteiger partial charge in [-0.25, -0.2) is 0 Å². The van der Waals surface area contributed by atoms with Gasteiger partial charge in [-0.1, -0.05) is 11.6 Å². The molecule has 1 heterocycles. The second kappa shape index (κ2) is 4.85. The van der Waals surface area contributed by atoms with E-state index < -0.39 is 10.1 Å². The predicted octanol–water partition coefficient (Wildman–Crippen LogP) is 1.03. The Labute approximate surface area is 107 Å². The molecule has 0 fully saturated rings. The van der Waals surface area contributed by atoms with Crippen molar-refractivity contribution in [2.75, 3.05) is 19.5 Å². The highest BCUT2D eigenvalue weighted by Crippen LogP contribution is 2.34. The van der Waals surface area contributed by atoms with E-state index in [-0.39, 0.29) is 24.2 Å². The first-order chi connectivity index (χ1) is 8.38. The molecular weight excluding hydrogens is 256 g/mol. The van der Waals surface area contributed by atoms with Crippen molar-refractivity contribution in [3.8, 4) is 0 Å². The number of hydrogen-bond donors (Lipinski definition) is 0. The third kappa shape index (κ3) is 2.81. The van der Waals surface area contributed by atoms with E-state index in [1.54, 1.807) is 6.26 Å². The van der Waals surface area contributed by atoms with Gasteiger partial charge in [0.05, 0.1) is 25.0 Å². The Balaban J connectivity index is 2.03. The summed E-state index contributed by atoms with van der Waals surface area (Å²) in [5.74, 6) is -0.372. The normalized spacial score (nSPS) is 27.3. The van der Waals surface area contributed by atoms with Crippen molar-refractivity contribution >= 4 is 15.9 Å². The maximum Gasteiger partial charge on any atom is 0.264 e. The fraction of sp³-hybridized carbons (Fsp3) is 0.583. The molecule has 0 radical (unpaired) electrons. The Hall–Kier alpha value is -1.14. The van der Waals surface area contributed by atoms with E-state index in [1.807, 2.05) is 13.0 Å². The highest BCUT2D eigenvalue weighted by Gasteiger charge is 2.36. The number of carbonyl (C=O) groups excluding carboxylic acids is 1. The highest BCUT2D eigenvalue weighted by molar-refractivity contribution is 7.85. The monoisotopic (exact) mass is 272 g/mol. The summed E-state index contributed by atoms with van der Waals surface area (Å²) in [5.41, 5.74) is 1.85. The molecule has 2 unspecified atom stereocenters. The molecule has 5 nitrogen and oxygen atoms in total. The summed E-state index contributed by atoms with van der Waals surface area (Å²) in [7, 11) is -3.44. The summed E-state index contributed by atoms with van der Waals surface area (Å²) in [5, 5.41) is 0. The summed E-state index contributed by atoms with van der Waals surface area (Å²) < 4.78 is 31.6. The first kappa shape index (κ1) is 13.3. The van der Waals surface area contributed by atoms with Crippen LogP contribution in [0.15, 0.2) is 23.5 Å². The van der Waals surface area contributed by atoms with Crippen molar-refractivity contribution in [1.29, 1.82) is 0 Å². The second-order valence-corrected chi connectivity index (χ2v) is 6.31. The smallest absolute Gasteiger partial charge is 0.264 e. The molecule has 0 amide bonds. The Bertz CT molecular complexity index is 515. The van der Waals surface area contributed by atoms with Gasteiger partial charge in [0.25, 0.3) is 10.1 Å². The van der Waals surface area contributed by atoms with E-state index in [0.29, 0.717) is 13.0 Å². The van der Waals surface area contributed by atoms with Gasteiger partial charge in [0.15, 0.2) is 5.78 Å². The summed E-state index contributed by atoms with van der Waals surface area (Å²) in [4.78, 5) is 12.2. The van der Waals surface area contributed by atoms with Gasteiger partial charge in [-0.05, 0) is 13.3 Å². The average Bonchev–Trinajstić information content (AvgIpc) is 2.69. The zero-order valence-corrected chi connectivity index (χ0v) is 11.2. The molecule has 0 bridgehead atoms.